The van der Waals surface area contributed by atoms with Gasteiger partial charge in [-0.25, -0.2) is 0 Å². The third kappa shape index (κ3) is 4.55. The summed E-state index contributed by atoms with van der Waals surface area (Å²) in [5.41, 5.74) is 7.01. The molecule has 3 heteroatoms. The third-order valence-corrected chi connectivity index (χ3v) is 2.46. The molecular formula is C10H16ClNS. The summed E-state index contributed by atoms with van der Waals surface area (Å²) in [5.74, 6) is 0. The van der Waals surface area contributed by atoms with E-state index in [0.29, 0.717) is 0 Å². The third-order valence-electron chi connectivity index (χ3n) is 1.72. The zero-order valence-corrected chi connectivity index (χ0v) is 9.62. The molecule has 13 heavy (non-hydrogen) atoms. The quantitative estimate of drug-likeness (QED) is 0.788. The van der Waals surface area contributed by atoms with Crippen LogP contribution in [0, 0.1) is 0 Å². The van der Waals surface area contributed by atoms with Crippen molar-refractivity contribution in [1.29, 1.82) is 0 Å². The van der Waals surface area contributed by atoms with E-state index in [1.807, 2.05) is 6.92 Å². The molecule has 0 heterocycles. The van der Waals surface area contributed by atoms with Crippen LogP contribution in [-0.2, 0) is 6.42 Å². The summed E-state index contributed by atoms with van der Waals surface area (Å²) >= 11 is 1.77. The molecule has 74 valence electrons. The topological polar surface area (TPSA) is 26.0 Å². The maximum absolute atomic E-state index is 5.69. The van der Waals surface area contributed by atoms with Crippen molar-refractivity contribution in [3.05, 3.63) is 29.8 Å². The summed E-state index contributed by atoms with van der Waals surface area (Å²) in [6.45, 7) is 2.03. The van der Waals surface area contributed by atoms with Crippen LogP contribution in [0.1, 0.15) is 12.5 Å². The maximum atomic E-state index is 5.69. The van der Waals surface area contributed by atoms with Crippen LogP contribution in [-0.4, -0.2) is 12.3 Å². The first-order valence-corrected chi connectivity index (χ1v) is 5.33. The van der Waals surface area contributed by atoms with Gasteiger partial charge in [-0.2, -0.15) is 0 Å². The molecule has 1 aromatic carbocycles. The minimum Gasteiger partial charge on any atom is -0.328 e. The number of benzene rings is 1. The first kappa shape index (κ1) is 12.8. The molecule has 2 N–H and O–H groups in total. The highest BCUT2D eigenvalue weighted by atomic mass is 35.5. The monoisotopic (exact) mass is 217 g/mol. The molecule has 0 spiro atoms. The fraction of sp³-hybridized carbons (Fsp3) is 0.400. The average molecular weight is 218 g/mol. The molecule has 0 saturated carbocycles. The van der Waals surface area contributed by atoms with Gasteiger partial charge in [-0.3, -0.25) is 0 Å². The Morgan fingerprint density at radius 3 is 2.23 bits per heavy atom. The van der Waals surface area contributed by atoms with E-state index in [4.69, 9.17) is 5.73 Å². The zero-order valence-electron chi connectivity index (χ0n) is 7.99. The van der Waals surface area contributed by atoms with Gasteiger partial charge < -0.3 is 5.73 Å². The number of nitrogens with two attached hydrogens (primary N) is 1. The van der Waals surface area contributed by atoms with E-state index >= 15 is 0 Å². The van der Waals surface area contributed by atoms with Crippen molar-refractivity contribution >= 4 is 24.2 Å². The second-order valence-electron chi connectivity index (χ2n) is 3.03. The fourth-order valence-electron chi connectivity index (χ4n) is 1.13. The van der Waals surface area contributed by atoms with E-state index in [2.05, 4.69) is 30.5 Å². The van der Waals surface area contributed by atoms with Crippen molar-refractivity contribution in [1.82, 2.24) is 0 Å². The maximum Gasteiger partial charge on any atom is 0.00693 e. The van der Waals surface area contributed by atoms with E-state index in [1.54, 1.807) is 11.8 Å². The lowest BCUT2D eigenvalue weighted by molar-refractivity contribution is 0.737. The van der Waals surface area contributed by atoms with Gasteiger partial charge in [0, 0.05) is 10.9 Å². The Labute approximate surface area is 90.5 Å². The molecule has 0 fully saturated rings. The Balaban J connectivity index is 0.00000144. The van der Waals surface area contributed by atoms with Gasteiger partial charge in [-0.15, -0.1) is 24.2 Å². The molecule has 1 rings (SSSR count). The second kappa shape index (κ2) is 6.30. The molecule has 0 aliphatic carbocycles. The average Bonchev–Trinajstić information content (AvgIpc) is 2.05. The lowest BCUT2D eigenvalue weighted by Crippen LogP contribution is -2.17. The molecule has 0 aliphatic heterocycles. The van der Waals surface area contributed by atoms with Crippen LogP contribution in [0.15, 0.2) is 29.2 Å². The standard InChI is InChI=1S/C10H15NS.ClH/c1-8(11)7-9-3-5-10(12-2)6-4-9;/h3-6,8H,7,11H2,1-2H3;1H/t8-;/m1./s1. The van der Waals surface area contributed by atoms with E-state index in [0.717, 1.165) is 6.42 Å². The summed E-state index contributed by atoms with van der Waals surface area (Å²) in [5, 5.41) is 0. The van der Waals surface area contributed by atoms with Gasteiger partial charge in [-0.1, -0.05) is 12.1 Å². The summed E-state index contributed by atoms with van der Waals surface area (Å²) in [6, 6.07) is 8.83. The van der Waals surface area contributed by atoms with E-state index in [9.17, 15) is 0 Å². The molecule has 1 nitrogen and oxygen atoms in total. The number of thioether (sulfide) groups is 1. The fourth-order valence-corrected chi connectivity index (χ4v) is 1.54. The summed E-state index contributed by atoms with van der Waals surface area (Å²) < 4.78 is 0. The highest BCUT2D eigenvalue weighted by Gasteiger charge is 1.96. The van der Waals surface area contributed by atoms with Crippen molar-refractivity contribution in [3.63, 3.8) is 0 Å². The normalized spacial score (nSPS) is 11.9. The minimum atomic E-state index is 0. The van der Waals surface area contributed by atoms with Gasteiger partial charge in [0.1, 0.15) is 0 Å². The molecule has 0 saturated heterocycles. The van der Waals surface area contributed by atoms with Gasteiger partial charge in [0.25, 0.3) is 0 Å². The first-order valence-electron chi connectivity index (χ1n) is 4.11. The highest BCUT2D eigenvalue weighted by Crippen LogP contribution is 2.15. The molecule has 1 aromatic rings. The van der Waals surface area contributed by atoms with Crippen LogP contribution in [0.25, 0.3) is 0 Å². The number of hydrogen-bond acceptors (Lipinski definition) is 2. The van der Waals surface area contributed by atoms with Crippen molar-refractivity contribution in [2.45, 2.75) is 24.3 Å². The van der Waals surface area contributed by atoms with Gasteiger partial charge in [0.15, 0.2) is 0 Å². The van der Waals surface area contributed by atoms with Gasteiger partial charge in [0.2, 0.25) is 0 Å². The molecule has 0 radical (unpaired) electrons. The molecular weight excluding hydrogens is 202 g/mol. The van der Waals surface area contributed by atoms with Crippen LogP contribution < -0.4 is 5.73 Å². The molecule has 0 aromatic heterocycles. The Hall–Kier alpha value is -0.180. The van der Waals surface area contributed by atoms with Crippen molar-refractivity contribution < 1.29 is 0 Å². The van der Waals surface area contributed by atoms with Crippen LogP contribution in [0.5, 0.6) is 0 Å². The summed E-state index contributed by atoms with van der Waals surface area (Å²) in [7, 11) is 0. The Morgan fingerprint density at radius 2 is 1.85 bits per heavy atom. The van der Waals surface area contributed by atoms with Crippen LogP contribution in [0.4, 0.5) is 0 Å². The molecule has 0 amide bonds. The first-order chi connectivity index (χ1) is 5.72. The van der Waals surface area contributed by atoms with Crippen LogP contribution >= 0.6 is 24.2 Å². The number of halogens is 1. The van der Waals surface area contributed by atoms with E-state index in [-0.39, 0.29) is 18.4 Å². The smallest absolute Gasteiger partial charge is 0.00693 e. The van der Waals surface area contributed by atoms with Crippen molar-refractivity contribution in [2.75, 3.05) is 6.26 Å². The molecule has 0 unspecified atom stereocenters. The second-order valence-corrected chi connectivity index (χ2v) is 3.91. The van der Waals surface area contributed by atoms with Crippen molar-refractivity contribution in [3.8, 4) is 0 Å². The van der Waals surface area contributed by atoms with Gasteiger partial charge >= 0.3 is 0 Å². The van der Waals surface area contributed by atoms with E-state index in [1.165, 1.54) is 10.5 Å². The highest BCUT2D eigenvalue weighted by molar-refractivity contribution is 7.98. The van der Waals surface area contributed by atoms with Crippen LogP contribution in [0.3, 0.4) is 0 Å². The van der Waals surface area contributed by atoms with E-state index < -0.39 is 0 Å². The number of hydrogen-bond donors (Lipinski definition) is 1. The lowest BCUT2D eigenvalue weighted by Gasteiger charge is -2.05. The van der Waals surface area contributed by atoms with Gasteiger partial charge in [-0.05, 0) is 37.3 Å². The largest absolute Gasteiger partial charge is 0.328 e. The number of rotatable bonds is 3. The molecule has 0 bridgehead atoms. The SMILES string of the molecule is CSc1ccc(C[C@@H](C)N)cc1.Cl. The predicted octanol–water partition coefficient (Wildman–Crippen LogP) is 2.72. The van der Waals surface area contributed by atoms with Crippen LogP contribution in [0.2, 0.25) is 0 Å². The summed E-state index contributed by atoms with van der Waals surface area (Å²) in [6.07, 6.45) is 3.05. The van der Waals surface area contributed by atoms with Crippen molar-refractivity contribution in [2.24, 2.45) is 5.73 Å². The minimum absolute atomic E-state index is 0. The Kier molecular flexibility index (Phi) is 6.21. The Bertz CT molecular complexity index is 233. The lowest BCUT2D eigenvalue weighted by atomic mass is 10.1. The predicted molar refractivity (Wildman–Crippen MR) is 62.8 cm³/mol. The Morgan fingerprint density at radius 1 is 1.31 bits per heavy atom. The zero-order chi connectivity index (χ0) is 8.97. The molecule has 1 atom stereocenters. The van der Waals surface area contributed by atoms with Gasteiger partial charge in [0.05, 0.1) is 0 Å². The molecule has 0 aliphatic rings. The summed E-state index contributed by atoms with van der Waals surface area (Å²) in [4.78, 5) is 1.31.